The number of ketones is 1. The van der Waals surface area contributed by atoms with Crippen molar-refractivity contribution in [3.8, 4) is 0 Å². The molecule has 2 aromatic carbocycles. The maximum Gasteiger partial charge on any atom is 0.251 e. The zero-order valence-corrected chi connectivity index (χ0v) is 17.6. The molecular weight excluding hydrogens is 403 g/mol. The van der Waals surface area contributed by atoms with Crippen molar-refractivity contribution in [2.45, 2.75) is 19.3 Å². The lowest BCUT2D eigenvalue weighted by atomic mass is 9.89. The van der Waals surface area contributed by atoms with E-state index in [-0.39, 0.29) is 23.4 Å². The minimum absolute atomic E-state index is 0.0281. The third-order valence-electron chi connectivity index (χ3n) is 6.28. The van der Waals surface area contributed by atoms with Crippen molar-refractivity contribution in [3.63, 3.8) is 0 Å². The summed E-state index contributed by atoms with van der Waals surface area (Å²) >= 11 is 5.86. The van der Waals surface area contributed by atoms with Gasteiger partial charge in [-0.25, -0.2) is 4.39 Å². The lowest BCUT2D eigenvalue weighted by molar-refractivity contribution is 0.0835. The van der Waals surface area contributed by atoms with Crippen LogP contribution in [0, 0.1) is 23.6 Å². The highest BCUT2D eigenvalue weighted by atomic mass is 35.5. The van der Waals surface area contributed by atoms with Crippen LogP contribution in [-0.4, -0.2) is 42.8 Å². The van der Waals surface area contributed by atoms with Crippen LogP contribution in [0.15, 0.2) is 48.5 Å². The molecule has 2 atom stereocenters. The number of carbonyl (C=O) groups is 2. The highest BCUT2D eigenvalue weighted by molar-refractivity contribution is 6.30. The first-order chi connectivity index (χ1) is 14.5. The molecule has 1 amide bonds. The largest absolute Gasteiger partial charge is 0.352 e. The minimum atomic E-state index is -0.315. The monoisotopic (exact) mass is 428 g/mol. The van der Waals surface area contributed by atoms with E-state index in [0.29, 0.717) is 34.5 Å². The van der Waals surface area contributed by atoms with E-state index in [2.05, 4.69) is 10.2 Å². The molecule has 6 heteroatoms. The Morgan fingerprint density at radius 1 is 0.967 bits per heavy atom. The first-order valence-electron chi connectivity index (χ1n) is 10.6. The number of halogens is 2. The van der Waals surface area contributed by atoms with Crippen LogP contribution in [0.1, 0.15) is 40.0 Å². The van der Waals surface area contributed by atoms with Gasteiger partial charge >= 0.3 is 0 Å². The lowest BCUT2D eigenvalue weighted by Gasteiger charge is -2.31. The Hall–Kier alpha value is -2.24. The molecule has 0 bridgehead atoms. The molecule has 1 aliphatic carbocycles. The molecule has 4 nitrogen and oxygen atoms in total. The quantitative estimate of drug-likeness (QED) is 0.663. The number of hydrogen-bond acceptors (Lipinski definition) is 3. The van der Waals surface area contributed by atoms with Gasteiger partial charge in [0, 0.05) is 35.2 Å². The van der Waals surface area contributed by atoms with Crippen molar-refractivity contribution >= 4 is 23.3 Å². The van der Waals surface area contributed by atoms with Gasteiger partial charge < -0.3 is 10.2 Å². The maximum absolute atomic E-state index is 13.1. The summed E-state index contributed by atoms with van der Waals surface area (Å²) in [5.74, 6) is 0.922. The Morgan fingerprint density at radius 2 is 1.60 bits per heavy atom. The molecule has 1 aliphatic heterocycles. The Morgan fingerprint density at radius 3 is 2.27 bits per heavy atom. The number of carbonyl (C=O) groups excluding carboxylic acids is 2. The van der Waals surface area contributed by atoms with Crippen molar-refractivity contribution in [2.24, 2.45) is 17.8 Å². The van der Waals surface area contributed by atoms with Crippen LogP contribution in [0.5, 0.6) is 0 Å². The summed E-state index contributed by atoms with van der Waals surface area (Å²) in [4.78, 5) is 27.2. The second-order valence-electron chi connectivity index (χ2n) is 8.42. The average Bonchev–Trinajstić information content (AvgIpc) is 3.51. The highest BCUT2D eigenvalue weighted by Crippen LogP contribution is 2.39. The van der Waals surface area contributed by atoms with E-state index >= 15 is 0 Å². The molecule has 1 heterocycles. The third kappa shape index (κ3) is 5.27. The Labute approximate surface area is 181 Å². The summed E-state index contributed by atoms with van der Waals surface area (Å²) in [5, 5.41) is 3.64. The predicted octanol–water partition coefficient (Wildman–Crippen LogP) is 4.44. The van der Waals surface area contributed by atoms with Crippen LogP contribution < -0.4 is 5.32 Å². The van der Waals surface area contributed by atoms with Crippen LogP contribution >= 0.6 is 11.6 Å². The van der Waals surface area contributed by atoms with Gasteiger partial charge in [0.05, 0.1) is 0 Å². The summed E-state index contributed by atoms with van der Waals surface area (Å²) in [6.45, 7) is 3.56. The van der Waals surface area contributed by atoms with E-state index in [9.17, 15) is 14.0 Å². The number of nitrogens with zero attached hydrogens (tertiary/aromatic N) is 1. The standard InChI is InChI=1S/C24H26ClFN2O2/c25-21-5-1-18(2-6-21)24(30)27-14-19-13-20(19)15-28-11-9-17(10-12-28)23(29)16-3-7-22(26)8-4-16/h1-8,17,19-20H,9-15H2,(H,27,30). The van der Waals surface area contributed by atoms with E-state index in [1.807, 2.05) is 0 Å². The summed E-state index contributed by atoms with van der Waals surface area (Å²) in [5.41, 5.74) is 1.23. The molecule has 2 aromatic rings. The van der Waals surface area contributed by atoms with Crippen molar-refractivity contribution in [2.75, 3.05) is 26.2 Å². The molecule has 0 aromatic heterocycles. The number of Topliss-reactive ketones (excluding diaryl/α,β-unsaturated/α-hetero) is 1. The minimum Gasteiger partial charge on any atom is -0.352 e. The Balaban J connectivity index is 1.16. The number of rotatable bonds is 7. The molecule has 4 rings (SSSR count). The molecule has 0 radical (unpaired) electrons. The van der Waals surface area contributed by atoms with Crippen LogP contribution in [0.25, 0.3) is 0 Å². The molecule has 158 valence electrons. The molecule has 2 aliphatic rings. The fourth-order valence-electron chi connectivity index (χ4n) is 4.27. The number of benzene rings is 2. The molecule has 1 N–H and O–H groups in total. The van der Waals surface area contributed by atoms with Crippen molar-refractivity contribution in [3.05, 3.63) is 70.5 Å². The van der Waals surface area contributed by atoms with Crippen LogP contribution in [0.2, 0.25) is 5.02 Å². The summed E-state index contributed by atoms with van der Waals surface area (Å²) in [6.07, 6.45) is 2.83. The summed E-state index contributed by atoms with van der Waals surface area (Å²) < 4.78 is 13.1. The second-order valence-corrected chi connectivity index (χ2v) is 8.86. The first kappa shape index (κ1) is 21.0. The SMILES string of the molecule is O=C(NCC1CC1CN1CCC(C(=O)c2ccc(F)cc2)CC1)c1ccc(Cl)cc1. The van der Waals surface area contributed by atoms with E-state index < -0.39 is 0 Å². The fraction of sp³-hybridized carbons (Fsp3) is 0.417. The smallest absolute Gasteiger partial charge is 0.251 e. The molecule has 2 unspecified atom stereocenters. The average molecular weight is 429 g/mol. The fourth-order valence-corrected chi connectivity index (χ4v) is 4.40. The number of likely N-dealkylation sites (tertiary alicyclic amines) is 1. The summed E-state index contributed by atoms with van der Waals surface area (Å²) in [7, 11) is 0. The molecule has 1 saturated carbocycles. The van der Waals surface area contributed by atoms with Crippen LogP contribution in [-0.2, 0) is 0 Å². The van der Waals surface area contributed by atoms with Gasteiger partial charge in [-0.2, -0.15) is 0 Å². The van der Waals surface area contributed by atoms with E-state index in [0.717, 1.165) is 38.9 Å². The normalized spacial score (nSPS) is 21.9. The number of piperidine rings is 1. The Bertz CT molecular complexity index is 892. The molecule has 0 spiro atoms. The maximum atomic E-state index is 13.1. The highest BCUT2D eigenvalue weighted by Gasteiger charge is 2.39. The second kappa shape index (κ2) is 9.27. The number of nitrogens with one attached hydrogen (secondary N) is 1. The van der Waals surface area contributed by atoms with Crippen molar-refractivity contribution < 1.29 is 14.0 Å². The van der Waals surface area contributed by atoms with E-state index in [1.165, 1.54) is 12.1 Å². The molecule has 30 heavy (non-hydrogen) atoms. The molecular formula is C24H26ClFN2O2. The molecule has 2 fully saturated rings. The lowest BCUT2D eigenvalue weighted by Crippen LogP contribution is -2.38. The zero-order valence-electron chi connectivity index (χ0n) is 16.8. The van der Waals surface area contributed by atoms with Gasteiger partial charge in [0.25, 0.3) is 5.91 Å². The van der Waals surface area contributed by atoms with E-state index in [1.54, 1.807) is 36.4 Å². The number of amides is 1. The van der Waals surface area contributed by atoms with Gasteiger partial charge in [-0.1, -0.05) is 11.6 Å². The van der Waals surface area contributed by atoms with Crippen LogP contribution in [0.3, 0.4) is 0 Å². The third-order valence-corrected chi connectivity index (χ3v) is 6.53. The number of hydrogen-bond donors (Lipinski definition) is 1. The molecule has 1 saturated heterocycles. The van der Waals surface area contributed by atoms with Gasteiger partial charge in [0.15, 0.2) is 5.78 Å². The van der Waals surface area contributed by atoms with Gasteiger partial charge in [0.1, 0.15) is 5.82 Å². The van der Waals surface area contributed by atoms with Crippen molar-refractivity contribution in [1.82, 2.24) is 10.2 Å². The van der Waals surface area contributed by atoms with Gasteiger partial charge in [0.2, 0.25) is 0 Å². The van der Waals surface area contributed by atoms with Gasteiger partial charge in [-0.05, 0) is 92.7 Å². The van der Waals surface area contributed by atoms with Crippen LogP contribution in [0.4, 0.5) is 4.39 Å². The van der Waals surface area contributed by atoms with Crippen molar-refractivity contribution in [1.29, 1.82) is 0 Å². The van der Waals surface area contributed by atoms with Gasteiger partial charge in [-0.3, -0.25) is 9.59 Å². The zero-order chi connectivity index (χ0) is 21.1. The Kier molecular flexibility index (Phi) is 6.49. The topological polar surface area (TPSA) is 49.4 Å². The first-order valence-corrected chi connectivity index (χ1v) is 10.9. The summed E-state index contributed by atoms with van der Waals surface area (Å²) in [6, 6.07) is 12.8. The van der Waals surface area contributed by atoms with E-state index in [4.69, 9.17) is 11.6 Å². The van der Waals surface area contributed by atoms with Gasteiger partial charge in [-0.15, -0.1) is 0 Å². The predicted molar refractivity (Wildman–Crippen MR) is 115 cm³/mol.